The first kappa shape index (κ1) is 15.1. The Hall–Kier alpha value is -3.41. The van der Waals surface area contributed by atoms with Crippen LogP contribution in [0.2, 0.25) is 0 Å². The van der Waals surface area contributed by atoms with E-state index in [1.165, 1.54) is 0 Å². The maximum atomic E-state index is 12.7. The van der Waals surface area contributed by atoms with E-state index < -0.39 is 0 Å². The van der Waals surface area contributed by atoms with Crippen LogP contribution in [0.3, 0.4) is 0 Å². The molecule has 0 saturated carbocycles. The molecule has 4 heterocycles. The van der Waals surface area contributed by atoms with Crippen LogP contribution in [-0.2, 0) is 11.2 Å². The Morgan fingerprint density at radius 1 is 1.16 bits per heavy atom. The molecule has 1 atom stereocenters. The molecule has 1 unspecified atom stereocenters. The highest BCUT2D eigenvalue weighted by Gasteiger charge is 2.32. The Bertz CT molecular complexity index is 858. The minimum atomic E-state index is -0.176. The molecule has 6 heteroatoms. The summed E-state index contributed by atoms with van der Waals surface area (Å²) in [7, 11) is 0. The van der Waals surface area contributed by atoms with Gasteiger partial charge in [0.25, 0.3) is 5.91 Å². The third kappa shape index (κ3) is 3.14. The molecule has 0 fully saturated rings. The number of hydrogen-bond acceptors (Lipinski definition) is 5. The van der Waals surface area contributed by atoms with Gasteiger partial charge in [-0.05, 0) is 42.0 Å². The summed E-state index contributed by atoms with van der Waals surface area (Å²) in [5.41, 5.74) is 3.25. The van der Waals surface area contributed by atoms with Gasteiger partial charge in [0.15, 0.2) is 0 Å². The van der Waals surface area contributed by atoms with Gasteiger partial charge >= 0.3 is 0 Å². The van der Waals surface area contributed by atoms with Crippen molar-refractivity contribution in [1.82, 2.24) is 20.2 Å². The number of aromatic nitrogens is 2. The largest absolute Gasteiger partial charge is 0.358 e. The molecule has 0 aliphatic carbocycles. The molecule has 4 rings (SSSR count). The van der Waals surface area contributed by atoms with Crippen LogP contribution in [0.1, 0.15) is 5.56 Å². The Kier molecular flexibility index (Phi) is 4.00. The average molecular weight is 331 g/mol. The van der Waals surface area contributed by atoms with Crippen LogP contribution in [-0.4, -0.2) is 26.9 Å². The molecule has 124 valence electrons. The quantitative estimate of drug-likeness (QED) is 0.899. The van der Waals surface area contributed by atoms with Crippen molar-refractivity contribution in [3.8, 4) is 0 Å². The van der Waals surface area contributed by atoms with Crippen LogP contribution in [0.25, 0.3) is 0 Å². The summed E-state index contributed by atoms with van der Waals surface area (Å²) in [5.74, 6) is -0.176. The zero-order valence-electron chi connectivity index (χ0n) is 13.5. The number of fused-ring (bicyclic) bond motifs is 1. The summed E-state index contributed by atoms with van der Waals surface area (Å²) >= 11 is 0. The second-order valence-corrected chi connectivity index (χ2v) is 5.78. The molecule has 2 aromatic heterocycles. The molecule has 2 aromatic rings. The second kappa shape index (κ2) is 6.60. The van der Waals surface area contributed by atoms with Crippen molar-refractivity contribution < 1.29 is 4.79 Å². The molecule has 1 amide bonds. The van der Waals surface area contributed by atoms with Gasteiger partial charge in [0.05, 0.1) is 17.6 Å². The van der Waals surface area contributed by atoms with Gasteiger partial charge in [-0.1, -0.05) is 6.08 Å². The molecule has 0 saturated heterocycles. The van der Waals surface area contributed by atoms with Gasteiger partial charge < -0.3 is 15.5 Å². The molecular formula is C19H17N5O. The lowest BCUT2D eigenvalue weighted by Crippen LogP contribution is -2.37. The highest BCUT2D eigenvalue weighted by Crippen LogP contribution is 2.27. The van der Waals surface area contributed by atoms with Crippen molar-refractivity contribution in [3.05, 3.63) is 90.4 Å². The fourth-order valence-corrected chi connectivity index (χ4v) is 2.95. The van der Waals surface area contributed by atoms with Gasteiger partial charge in [0, 0.05) is 31.2 Å². The van der Waals surface area contributed by atoms with E-state index in [1.807, 2.05) is 42.6 Å². The highest BCUT2D eigenvalue weighted by molar-refractivity contribution is 6.04. The van der Waals surface area contributed by atoms with E-state index in [2.05, 4.69) is 25.5 Å². The standard InChI is InChI=1S/C19H17N5O/c25-19(22-15-4-3-8-21-13-15)18-16-5-1-2-11-24(16)17(23-18)12-14-6-9-20-10-7-14/h1-11,13,17,23H,12H2,(H,22,25). The number of hydrogen-bond donors (Lipinski definition) is 2. The van der Waals surface area contributed by atoms with Gasteiger partial charge in [0.1, 0.15) is 11.9 Å². The van der Waals surface area contributed by atoms with Gasteiger partial charge in [-0.15, -0.1) is 0 Å². The summed E-state index contributed by atoms with van der Waals surface area (Å²) in [6, 6.07) is 7.57. The third-order valence-corrected chi connectivity index (χ3v) is 4.12. The molecule has 0 bridgehead atoms. The number of anilines is 1. The highest BCUT2D eigenvalue weighted by atomic mass is 16.2. The third-order valence-electron chi connectivity index (χ3n) is 4.12. The Labute approximate surface area is 145 Å². The maximum Gasteiger partial charge on any atom is 0.274 e. The molecule has 2 N–H and O–H groups in total. The van der Waals surface area contributed by atoms with E-state index in [0.717, 1.165) is 17.7 Å². The van der Waals surface area contributed by atoms with E-state index in [1.54, 1.807) is 30.9 Å². The lowest BCUT2D eigenvalue weighted by molar-refractivity contribution is -0.113. The van der Waals surface area contributed by atoms with Crippen LogP contribution in [0.5, 0.6) is 0 Å². The van der Waals surface area contributed by atoms with Crippen molar-refractivity contribution >= 4 is 11.6 Å². The van der Waals surface area contributed by atoms with E-state index >= 15 is 0 Å². The number of nitrogens with zero attached hydrogens (tertiary/aromatic N) is 3. The number of nitrogens with one attached hydrogen (secondary N) is 2. The number of carbonyl (C=O) groups is 1. The smallest absolute Gasteiger partial charge is 0.274 e. The molecule has 6 nitrogen and oxygen atoms in total. The minimum Gasteiger partial charge on any atom is -0.358 e. The minimum absolute atomic E-state index is 0.0201. The van der Waals surface area contributed by atoms with E-state index in [0.29, 0.717) is 11.4 Å². The molecule has 0 radical (unpaired) electrons. The number of allylic oxidation sites excluding steroid dienone is 3. The Morgan fingerprint density at radius 2 is 2.04 bits per heavy atom. The van der Waals surface area contributed by atoms with Crippen LogP contribution in [0.15, 0.2) is 84.9 Å². The Balaban J connectivity index is 1.56. The zero-order chi connectivity index (χ0) is 17.1. The SMILES string of the molecule is O=C(Nc1cccnc1)C1=C2C=CC=CN2C(Cc2ccncc2)N1. The first-order valence-corrected chi connectivity index (χ1v) is 8.05. The lowest BCUT2D eigenvalue weighted by Gasteiger charge is -2.25. The van der Waals surface area contributed by atoms with E-state index in [4.69, 9.17) is 0 Å². The fourth-order valence-electron chi connectivity index (χ4n) is 2.95. The number of amides is 1. The summed E-state index contributed by atoms with van der Waals surface area (Å²) in [4.78, 5) is 22.9. The Morgan fingerprint density at radius 3 is 2.84 bits per heavy atom. The summed E-state index contributed by atoms with van der Waals surface area (Å²) in [6.45, 7) is 0. The molecule has 25 heavy (non-hydrogen) atoms. The van der Waals surface area contributed by atoms with Crippen molar-refractivity contribution in [2.45, 2.75) is 12.6 Å². The van der Waals surface area contributed by atoms with E-state index in [-0.39, 0.29) is 12.1 Å². The van der Waals surface area contributed by atoms with Crippen molar-refractivity contribution in [3.63, 3.8) is 0 Å². The van der Waals surface area contributed by atoms with Crippen molar-refractivity contribution in [2.24, 2.45) is 0 Å². The fraction of sp³-hybridized carbons (Fsp3) is 0.105. The summed E-state index contributed by atoms with van der Waals surface area (Å²) < 4.78 is 0. The molecule has 2 aliphatic heterocycles. The van der Waals surface area contributed by atoms with Gasteiger partial charge in [0.2, 0.25) is 0 Å². The number of rotatable bonds is 4. The van der Waals surface area contributed by atoms with E-state index in [9.17, 15) is 4.79 Å². The zero-order valence-corrected chi connectivity index (χ0v) is 13.5. The topological polar surface area (TPSA) is 70.2 Å². The van der Waals surface area contributed by atoms with Crippen LogP contribution < -0.4 is 10.6 Å². The predicted octanol–water partition coefficient (Wildman–Crippen LogP) is 2.18. The second-order valence-electron chi connectivity index (χ2n) is 5.78. The number of pyridine rings is 2. The normalized spacial score (nSPS) is 18.1. The van der Waals surface area contributed by atoms with Gasteiger partial charge in [-0.3, -0.25) is 14.8 Å². The average Bonchev–Trinajstić information content (AvgIpc) is 3.02. The molecule has 0 spiro atoms. The maximum absolute atomic E-state index is 12.7. The van der Waals surface area contributed by atoms with Crippen molar-refractivity contribution in [1.29, 1.82) is 0 Å². The number of carbonyl (C=O) groups excluding carboxylic acids is 1. The first-order chi connectivity index (χ1) is 12.3. The van der Waals surface area contributed by atoms with Crippen LogP contribution in [0.4, 0.5) is 5.69 Å². The molecule has 0 aromatic carbocycles. The first-order valence-electron chi connectivity index (χ1n) is 8.05. The molecular weight excluding hydrogens is 314 g/mol. The lowest BCUT2D eigenvalue weighted by atomic mass is 10.1. The van der Waals surface area contributed by atoms with Gasteiger partial charge in [-0.2, -0.15) is 0 Å². The van der Waals surface area contributed by atoms with Crippen molar-refractivity contribution in [2.75, 3.05) is 5.32 Å². The van der Waals surface area contributed by atoms with Crippen LogP contribution in [0, 0.1) is 0 Å². The predicted molar refractivity (Wildman–Crippen MR) is 94.9 cm³/mol. The van der Waals surface area contributed by atoms with Crippen LogP contribution >= 0.6 is 0 Å². The van der Waals surface area contributed by atoms with Gasteiger partial charge in [-0.25, -0.2) is 0 Å². The summed E-state index contributed by atoms with van der Waals surface area (Å²) in [5, 5.41) is 6.24. The monoisotopic (exact) mass is 331 g/mol. The molecule has 2 aliphatic rings. The summed E-state index contributed by atoms with van der Waals surface area (Å²) in [6.07, 6.45) is 15.4.